The summed E-state index contributed by atoms with van der Waals surface area (Å²) in [6.45, 7) is 3.95. The first-order valence-corrected chi connectivity index (χ1v) is 12.8. The van der Waals surface area contributed by atoms with Crippen molar-refractivity contribution < 1.29 is 4.79 Å². The average Bonchev–Trinajstić information content (AvgIpc) is 3.38. The van der Waals surface area contributed by atoms with Crippen LogP contribution in [0.5, 0.6) is 0 Å². The molecule has 0 radical (unpaired) electrons. The molecule has 0 spiro atoms. The van der Waals surface area contributed by atoms with Crippen molar-refractivity contribution in [1.82, 2.24) is 14.9 Å². The van der Waals surface area contributed by atoms with Crippen molar-refractivity contribution in [3.05, 3.63) is 87.5 Å². The molecule has 0 amide bonds. The number of carbonyl (C=O) groups is 1. The van der Waals surface area contributed by atoms with E-state index in [9.17, 15) is 10.1 Å². The number of anilines is 1. The molecular weight excluding hydrogens is 470 g/mol. The molecule has 1 atom stereocenters. The van der Waals surface area contributed by atoms with E-state index < -0.39 is 0 Å². The molecule has 2 heterocycles. The second-order valence-corrected chi connectivity index (χ2v) is 9.98. The summed E-state index contributed by atoms with van der Waals surface area (Å²) >= 11 is 6.46. The number of halogens is 1. The lowest BCUT2D eigenvalue weighted by Gasteiger charge is -2.22. The van der Waals surface area contributed by atoms with Gasteiger partial charge in [0.1, 0.15) is 5.82 Å². The van der Waals surface area contributed by atoms with E-state index in [1.165, 1.54) is 0 Å². The van der Waals surface area contributed by atoms with Crippen LogP contribution in [0.15, 0.2) is 48.7 Å². The maximum absolute atomic E-state index is 12.6. The fourth-order valence-corrected chi connectivity index (χ4v) is 4.89. The third-order valence-electron chi connectivity index (χ3n) is 6.84. The van der Waals surface area contributed by atoms with Gasteiger partial charge in [0, 0.05) is 55.8 Å². The summed E-state index contributed by atoms with van der Waals surface area (Å²) in [6.07, 6.45) is 4.93. The molecule has 186 valence electrons. The lowest BCUT2D eigenvalue weighted by Crippen LogP contribution is -2.31. The Morgan fingerprint density at radius 1 is 1.19 bits per heavy atom. The molecule has 7 heteroatoms. The Bertz CT molecular complexity index is 1280. The summed E-state index contributed by atoms with van der Waals surface area (Å²) in [6, 6.07) is 16.6. The highest BCUT2D eigenvalue weighted by Gasteiger charge is 2.24. The number of nitriles is 1. The zero-order valence-corrected chi connectivity index (χ0v) is 21.9. The molecule has 4 rings (SSSR count). The highest BCUT2D eigenvalue weighted by molar-refractivity contribution is 6.31. The normalized spacial score (nSPS) is 15.3. The van der Waals surface area contributed by atoms with Gasteiger partial charge < -0.3 is 9.80 Å². The zero-order valence-electron chi connectivity index (χ0n) is 21.2. The Kier molecular flexibility index (Phi) is 8.35. The molecule has 1 saturated heterocycles. The second kappa shape index (κ2) is 11.6. The quantitative estimate of drug-likeness (QED) is 0.370. The Balaban J connectivity index is 1.54. The molecule has 1 aliphatic rings. The van der Waals surface area contributed by atoms with Crippen LogP contribution in [-0.2, 0) is 12.8 Å². The SMILES string of the molecule is CCCC(=O)c1ccccc1Cc1nc(Cc2ccc(N3CC[C@H](N(C)C)C3)cc2C#N)ncc1Cl. The van der Waals surface area contributed by atoms with Crippen molar-refractivity contribution in [2.75, 3.05) is 32.1 Å². The minimum atomic E-state index is 0.132. The number of benzene rings is 2. The Labute approximate surface area is 218 Å². The van der Waals surface area contributed by atoms with Crippen LogP contribution in [0.2, 0.25) is 5.02 Å². The third kappa shape index (κ3) is 5.92. The molecule has 3 aromatic rings. The van der Waals surface area contributed by atoms with E-state index in [1.807, 2.05) is 43.3 Å². The van der Waals surface area contributed by atoms with E-state index in [4.69, 9.17) is 16.6 Å². The summed E-state index contributed by atoms with van der Waals surface area (Å²) in [5.41, 5.74) is 4.90. The fraction of sp³-hybridized carbons (Fsp3) is 0.379. The van der Waals surface area contributed by atoms with Gasteiger partial charge in [0.25, 0.3) is 0 Å². The van der Waals surface area contributed by atoms with Crippen LogP contribution < -0.4 is 4.90 Å². The molecule has 6 nitrogen and oxygen atoms in total. The van der Waals surface area contributed by atoms with E-state index in [0.717, 1.165) is 48.3 Å². The first-order chi connectivity index (χ1) is 17.4. The highest BCUT2D eigenvalue weighted by atomic mass is 35.5. The first-order valence-electron chi connectivity index (χ1n) is 12.4. The van der Waals surface area contributed by atoms with Crippen LogP contribution >= 0.6 is 11.6 Å². The largest absolute Gasteiger partial charge is 0.370 e. The number of ketones is 1. The Morgan fingerprint density at radius 3 is 2.72 bits per heavy atom. The highest BCUT2D eigenvalue weighted by Crippen LogP contribution is 2.26. The van der Waals surface area contributed by atoms with Gasteiger partial charge in [-0.1, -0.05) is 48.9 Å². The van der Waals surface area contributed by atoms with Gasteiger partial charge in [-0.3, -0.25) is 4.79 Å². The second-order valence-electron chi connectivity index (χ2n) is 9.57. The summed E-state index contributed by atoms with van der Waals surface area (Å²) in [5.74, 6) is 0.733. The summed E-state index contributed by atoms with van der Waals surface area (Å²) in [7, 11) is 4.22. The predicted molar refractivity (Wildman–Crippen MR) is 144 cm³/mol. The molecule has 0 bridgehead atoms. The van der Waals surface area contributed by atoms with Gasteiger partial charge in [-0.25, -0.2) is 9.97 Å². The van der Waals surface area contributed by atoms with Gasteiger partial charge in [0.05, 0.1) is 22.3 Å². The molecule has 0 saturated carbocycles. The minimum absolute atomic E-state index is 0.132. The van der Waals surface area contributed by atoms with Gasteiger partial charge in [0.2, 0.25) is 0 Å². The number of rotatable bonds is 9. The molecule has 1 aliphatic heterocycles. The van der Waals surface area contributed by atoms with Crippen LogP contribution in [0.25, 0.3) is 0 Å². The number of Topliss-reactive ketones (excluding diaryl/α,β-unsaturated/α-hetero) is 1. The number of carbonyl (C=O) groups excluding carboxylic acids is 1. The van der Waals surface area contributed by atoms with Gasteiger partial charge in [-0.2, -0.15) is 5.26 Å². The number of hydrogen-bond acceptors (Lipinski definition) is 6. The van der Waals surface area contributed by atoms with Crippen molar-refractivity contribution in [1.29, 1.82) is 5.26 Å². The molecule has 1 fully saturated rings. The van der Waals surface area contributed by atoms with Gasteiger partial charge in [-0.05, 0) is 50.2 Å². The van der Waals surface area contributed by atoms with E-state index in [0.29, 0.717) is 47.4 Å². The average molecular weight is 502 g/mol. The van der Waals surface area contributed by atoms with Gasteiger partial charge in [0.15, 0.2) is 5.78 Å². The smallest absolute Gasteiger partial charge is 0.163 e. The predicted octanol–water partition coefficient (Wildman–Crippen LogP) is 5.31. The van der Waals surface area contributed by atoms with Crippen LogP contribution in [0, 0.1) is 11.3 Å². The van der Waals surface area contributed by atoms with Crippen molar-refractivity contribution in [2.45, 2.75) is 45.1 Å². The molecular formula is C29H32ClN5O. The third-order valence-corrected chi connectivity index (χ3v) is 7.16. The van der Waals surface area contributed by atoms with E-state index in [-0.39, 0.29) is 5.78 Å². The lowest BCUT2D eigenvalue weighted by molar-refractivity contribution is 0.0981. The van der Waals surface area contributed by atoms with Crippen molar-refractivity contribution in [3.63, 3.8) is 0 Å². The number of aromatic nitrogens is 2. The van der Waals surface area contributed by atoms with Crippen LogP contribution in [0.3, 0.4) is 0 Å². The summed E-state index contributed by atoms with van der Waals surface area (Å²) < 4.78 is 0. The van der Waals surface area contributed by atoms with E-state index >= 15 is 0 Å². The molecule has 0 unspecified atom stereocenters. The number of likely N-dealkylation sites (N-methyl/N-ethyl adjacent to an activating group) is 1. The molecule has 2 aromatic carbocycles. The molecule has 36 heavy (non-hydrogen) atoms. The first kappa shape index (κ1) is 25.8. The van der Waals surface area contributed by atoms with Crippen LogP contribution in [0.1, 0.15) is 64.8 Å². The van der Waals surface area contributed by atoms with E-state index in [1.54, 1.807) is 6.20 Å². The van der Waals surface area contributed by atoms with Crippen LogP contribution in [-0.4, -0.2) is 53.9 Å². The fourth-order valence-electron chi connectivity index (χ4n) is 4.73. The van der Waals surface area contributed by atoms with Crippen molar-refractivity contribution in [3.8, 4) is 6.07 Å². The standard InChI is InChI=1S/C29H32ClN5O/c1-4-7-28(36)25-9-6-5-8-21(25)15-27-26(30)18-32-29(33-27)16-20-10-11-23(14-22(20)17-31)35-13-12-24(19-35)34(2)3/h5-6,8-11,14,18,24H,4,7,12-13,15-16,19H2,1-3H3/t24-/m0/s1. The van der Waals surface area contributed by atoms with Gasteiger partial charge in [-0.15, -0.1) is 0 Å². The maximum Gasteiger partial charge on any atom is 0.163 e. The topological polar surface area (TPSA) is 73.1 Å². The lowest BCUT2D eigenvalue weighted by atomic mass is 9.97. The van der Waals surface area contributed by atoms with E-state index in [2.05, 4.69) is 41.0 Å². The Hall–Kier alpha value is -3.27. The van der Waals surface area contributed by atoms with Crippen molar-refractivity contribution >= 4 is 23.1 Å². The molecule has 0 N–H and O–H groups in total. The summed E-state index contributed by atoms with van der Waals surface area (Å²) in [4.78, 5) is 26.4. The van der Waals surface area contributed by atoms with Crippen molar-refractivity contribution in [2.24, 2.45) is 0 Å². The molecule has 0 aliphatic carbocycles. The molecule has 1 aromatic heterocycles. The van der Waals surface area contributed by atoms with Gasteiger partial charge >= 0.3 is 0 Å². The maximum atomic E-state index is 12.6. The minimum Gasteiger partial charge on any atom is -0.370 e. The Morgan fingerprint density at radius 2 is 2.00 bits per heavy atom. The summed E-state index contributed by atoms with van der Waals surface area (Å²) in [5, 5.41) is 10.3. The number of hydrogen-bond donors (Lipinski definition) is 0. The number of nitrogens with zero attached hydrogens (tertiary/aromatic N) is 5. The monoisotopic (exact) mass is 501 g/mol. The zero-order chi connectivity index (χ0) is 25.7. The van der Waals surface area contributed by atoms with Crippen LogP contribution in [0.4, 0.5) is 5.69 Å².